The standard InChI is InChI=1S/C25H23NO3/c1-17-12-14-19(15-13-17)16-26-22-11-7-6-10-21(22)25(29,24(26)28)18(2)23(27)20-8-4-3-5-9-20/h3-15,18,29H,16H2,1-2H3/t18-,25+/m1/s1. The van der Waals surface area contributed by atoms with Gasteiger partial charge in [0.2, 0.25) is 0 Å². The number of hydrogen-bond acceptors (Lipinski definition) is 3. The summed E-state index contributed by atoms with van der Waals surface area (Å²) in [5, 5.41) is 11.6. The number of carbonyl (C=O) groups excluding carboxylic acids is 2. The van der Waals surface area contributed by atoms with E-state index in [-0.39, 0.29) is 5.78 Å². The second-order valence-corrected chi connectivity index (χ2v) is 7.61. The number of nitrogens with zero attached hydrogens (tertiary/aromatic N) is 1. The maximum Gasteiger partial charge on any atom is 0.264 e. The van der Waals surface area contributed by atoms with Crippen LogP contribution in [0, 0.1) is 12.8 Å². The number of benzene rings is 3. The number of aryl methyl sites for hydroxylation is 1. The highest BCUT2D eigenvalue weighted by molar-refractivity contribution is 6.11. The number of aliphatic hydroxyl groups is 1. The van der Waals surface area contributed by atoms with Gasteiger partial charge in [-0.3, -0.25) is 9.59 Å². The fourth-order valence-corrected chi connectivity index (χ4v) is 3.96. The van der Waals surface area contributed by atoms with Crippen molar-refractivity contribution < 1.29 is 14.7 Å². The van der Waals surface area contributed by atoms with E-state index in [2.05, 4.69) is 0 Å². The van der Waals surface area contributed by atoms with Crippen LogP contribution in [-0.2, 0) is 16.9 Å². The first-order valence-corrected chi connectivity index (χ1v) is 9.71. The highest BCUT2D eigenvalue weighted by Crippen LogP contribution is 2.46. The number of amides is 1. The molecule has 3 aromatic carbocycles. The van der Waals surface area contributed by atoms with Crippen LogP contribution >= 0.6 is 0 Å². The predicted molar refractivity (Wildman–Crippen MR) is 113 cm³/mol. The van der Waals surface area contributed by atoms with E-state index in [1.54, 1.807) is 48.2 Å². The number of fused-ring (bicyclic) bond motifs is 1. The van der Waals surface area contributed by atoms with Crippen LogP contribution in [0.25, 0.3) is 0 Å². The molecule has 0 bridgehead atoms. The van der Waals surface area contributed by atoms with Crippen molar-refractivity contribution in [3.05, 3.63) is 101 Å². The number of para-hydroxylation sites is 1. The molecule has 1 heterocycles. The van der Waals surface area contributed by atoms with Crippen LogP contribution in [0.1, 0.15) is 34.0 Å². The van der Waals surface area contributed by atoms with Gasteiger partial charge in [-0.25, -0.2) is 0 Å². The van der Waals surface area contributed by atoms with Crippen LogP contribution < -0.4 is 4.90 Å². The Kier molecular flexibility index (Phi) is 4.81. The molecule has 0 saturated carbocycles. The first-order chi connectivity index (χ1) is 13.9. The van der Waals surface area contributed by atoms with E-state index in [4.69, 9.17) is 0 Å². The number of rotatable bonds is 5. The van der Waals surface area contributed by atoms with Gasteiger partial charge in [0.1, 0.15) is 0 Å². The predicted octanol–water partition coefficient (Wildman–Crippen LogP) is 4.25. The zero-order valence-electron chi connectivity index (χ0n) is 16.5. The van der Waals surface area contributed by atoms with Crippen LogP contribution in [0.4, 0.5) is 5.69 Å². The summed E-state index contributed by atoms with van der Waals surface area (Å²) >= 11 is 0. The van der Waals surface area contributed by atoms with Gasteiger partial charge in [-0.2, -0.15) is 0 Å². The van der Waals surface area contributed by atoms with Crippen LogP contribution in [0.5, 0.6) is 0 Å². The number of Topliss-reactive ketones (excluding diaryl/α,β-unsaturated/α-hetero) is 1. The van der Waals surface area contributed by atoms with Gasteiger partial charge in [-0.05, 0) is 18.6 Å². The molecule has 0 spiro atoms. The summed E-state index contributed by atoms with van der Waals surface area (Å²) in [6.45, 7) is 3.97. The summed E-state index contributed by atoms with van der Waals surface area (Å²) in [6.07, 6.45) is 0. The minimum Gasteiger partial charge on any atom is -0.375 e. The lowest BCUT2D eigenvalue weighted by molar-refractivity contribution is -0.139. The molecule has 4 nitrogen and oxygen atoms in total. The van der Waals surface area contributed by atoms with E-state index in [1.807, 2.05) is 49.4 Å². The van der Waals surface area contributed by atoms with Crippen molar-refractivity contribution in [1.82, 2.24) is 0 Å². The van der Waals surface area contributed by atoms with Gasteiger partial charge in [0.05, 0.1) is 18.2 Å². The molecule has 0 radical (unpaired) electrons. The minimum atomic E-state index is -1.89. The van der Waals surface area contributed by atoms with Crippen molar-refractivity contribution in [3.63, 3.8) is 0 Å². The molecule has 0 unspecified atom stereocenters. The Bertz CT molecular complexity index is 1060. The lowest BCUT2D eigenvalue weighted by Crippen LogP contribution is -2.47. The second-order valence-electron chi connectivity index (χ2n) is 7.61. The smallest absolute Gasteiger partial charge is 0.264 e. The number of hydrogen-bond donors (Lipinski definition) is 1. The first-order valence-electron chi connectivity index (χ1n) is 9.71. The zero-order valence-corrected chi connectivity index (χ0v) is 16.5. The van der Waals surface area contributed by atoms with Gasteiger partial charge >= 0.3 is 0 Å². The average molecular weight is 385 g/mol. The fourth-order valence-electron chi connectivity index (χ4n) is 3.96. The van der Waals surface area contributed by atoms with Gasteiger partial charge < -0.3 is 10.0 Å². The Morgan fingerprint density at radius 1 is 0.966 bits per heavy atom. The molecule has 0 aromatic heterocycles. The molecule has 1 aliphatic heterocycles. The van der Waals surface area contributed by atoms with Gasteiger partial charge in [0.15, 0.2) is 11.4 Å². The normalized spacial score (nSPS) is 19.1. The van der Waals surface area contributed by atoms with E-state index in [0.29, 0.717) is 23.4 Å². The van der Waals surface area contributed by atoms with Crippen molar-refractivity contribution in [2.24, 2.45) is 5.92 Å². The molecular formula is C25H23NO3. The van der Waals surface area contributed by atoms with E-state index < -0.39 is 17.4 Å². The van der Waals surface area contributed by atoms with Crippen LogP contribution in [0.15, 0.2) is 78.9 Å². The summed E-state index contributed by atoms with van der Waals surface area (Å²) in [6, 6.07) is 23.9. The molecule has 0 saturated heterocycles. The average Bonchev–Trinajstić information content (AvgIpc) is 2.97. The Morgan fingerprint density at radius 2 is 1.59 bits per heavy atom. The van der Waals surface area contributed by atoms with Crippen molar-refractivity contribution in [2.75, 3.05) is 4.90 Å². The third kappa shape index (κ3) is 3.15. The molecule has 3 aromatic rings. The molecule has 1 amide bonds. The summed E-state index contributed by atoms with van der Waals surface area (Å²) < 4.78 is 0. The number of ketones is 1. The lowest BCUT2D eigenvalue weighted by Gasteiger charge is -2.28. The lowest BCUT2D eigenvalue weighted by atomic mass is 9.79. The van der Waals surface area contributed by atoms with E-state index in [1.165, 1.54) is 0 Å². The van der Waals surface area contributed by atoms with Crippen LogP contribution in [0.3, 0.4) is 0 Å². The van der Waals surface area contributed by atoms with Gasteiger partial charge in [-0.1, -0.05) is 85.3 Å². The van der Waals surface area contributed by atoms with Crippen molar-refractivity contribution in [1.29, 1.82) is 0 Å². The van der Waals surface area contributed by atoms with E-state index >= 15 is 0 Å². The molecule has 146 valence electrons. The molecule has 4 rings (SSSR count). The maximum atomic E-state index is 13.5. The maximum absolute atomic E-state index is 13.5. The van der Waals surface area contributed by atoms with Gasteiger partial charge in [0.25, 0.3) is 5.91 Å². The van der Waals surface area contributed by atoms with E-state index in [9.17, 15) is 14.7 Å². The SMILES string of the molecule is Cc1ccc(CN2C(=O)[C@](O)([C@H](C)C(=O)c3ccccc3)c3ccccc32)cc1. The quantitative estimate of drug-likeness (QED) is 0.668. The van der Waals surface area contributed by atoms with Crippen LogP contribution in [0.2, 0.25) is 0 Å². The largest absolute Gasteiger partial charge is 0.375 e. The van der Waals surface area contributed by atoms with Crippen LogP contribution in [-0.4, -0.2) is 16.8 Å². The zero-order chi connectivity index (χ0) is 20.6. The fraction of sp³-hybridized carbons (Fsp3) is 0.200. The van der Waals surface area contributed by atoms with Crippen molar-refractivity contribution in [2.45, 2.75) is 26.0 Å². The molecule has 1 aliphatic rings. The number of anilines is 1. The minimum absolute atomic E-state index is 0.256. The third-order valence-corrected chi connectivity index (χ3v) is 5.72. The summed E-state index contributed by atoms with van der Waals surface area (Å²) in [7, 11) is 0. The topological polar surface area (TPSA) is 57.6 Å². The molecule has 1 N–H and O–H groups in total. The van der Waals surface area contributed by atoms with Gasteiger partial charge in [-0.15, -0.1) is 0 Å². The Balaban J connectivity index is 1.73. The summed E-state index contributed by atoms with van der Waals surface area (Å²) in [4.78, 5) is 28.1. The monoisotopic (exact) mass is 385 g/mol. The molecule has 0 fully saturated rings. The third-order valence-electron chi connectivity index (χ3n) is 5.72. The molecule has 4 heteroatoms. The number of carbonyl (C=O) groups is 2. The summed E-state index contributed by atoms with van der Waals surface area (Å²) in [5.41, 5.74) is 1.82. The highest BCUT2D eigenvalue weighted by atomic mass is 16.3. The van der Waals surface area contributed by atoms with E-state index in [0.717, 1.165) is 11.1 Å². The highest BCUT2D eigenvalue weighted by Gasteiger charge is 2.55. The van der Waals surface area contributed by atoms with Crippen molar-refractivity contribution >= 4 is 17.4 Å². The molecule has 2 atom stereocenters. The summed E-state index contributed by atoms with van der Waals surface area (Å²) in [5.74, 6) is -1.63. The molecular weight excluding hydrogens is 362 g/mol. The Morgan fingerprint density at radius 3 is 2.28 bits per heavy atom. The second kappa shape index (κ2) is 7.30. The first kappa shape index (κ1) is 19.1. The molecule has 29 heavy (non-hydrogen) atoms. The Labute approximate surface area is 170 Å². The van der Waals surface area contributed by atoms with Crippen molar-refractivity contribution in [3.8, 4) is 0 Å². The molecule has 0 aliphatic carbocycles. The Hall–Kier alpha value is -3.24. The van der Waals surface area contributed by atoms with Gasteiger partial charge in [0, 0.05) is 11.1 Å².